The van der Waals surface area contributed by atoms with E-state index in [4.69, 9.17) is 11.6 Å². The van der Waals surface area contributed by atoms with Crippen LogP contribution in [-0.4, -0.2) is 23.3 Å². The van der Waals surface area contributed by atoms with Crippen molar-refractivity contribution in [1.29, 1.82) is 0 Å². The number of hydrogen-bond acceptors (Lipinski definition) is 4. The van der Waals surface area contributed by atoms with Crippen molar-refractivity contribution in [2.24, 2.45) is 5.92 Å². The van der Waals surface area contributed by atoms with Gasteiger partial charge >= 0.3 is 0 Å². The highest BCUT2D eigenvalue weighted by atomic mass is 35.5. The van der Waals surface area contributed by atoms with Gasteiger partial charge in [-0.25, -0.2) is 4.98 Å². The molecule has 1 N–H and O–H groups in total. The number of para-hydroxylation sites is 1. The molecule has 7 heteroatoms. The third kappa shape index (κ3) is 3.54. The van der Waals surface area contributed by atoms with Crippen LogP contribution < -0.4 is 10.2 Å². The van der Waals surface area contributed by atoms with Gasteiger partial charge < -0.3 is 10.2 Å². The average Bonchev–Trinajstić information content (AvgIpc) is 3.11. The molecule has 1 aliphatic heterocycles. The normalized spacial score (nSPS) is 17.6. The Bertz CT molecular complexity index is 746. The molecule has 1 fully saturated rings. The average molecular weight is 350 g/mol. The second-order valence-electron chi connectivity index (χ2n) is 5.46. The Labute approximate surface area is 143 Å². The van der Waals surface area contributed by atoms with Crippen LogP contribution in [0.4, 0.5) is 5.69 Å². The summed E-state index contributed by atoms with van der Waals surface area (Å²) in [5, 5.41) is 6.18. The second kappa shape index (κ2) is 6.68. The lowest BCUT2D eigenvalue weighted by Crippen LogP contribution is -2.32. The van der Waals surface area contributed by atoms with Gasteiger partial charge in [-0.2, -0.15) is 0 Å². The number of carbonyl (C=O) groups is 2. The largest absolute Gasteiger partial charge is 0.349 e. The maximum absolute atomic E-state index is 12.3. The molecule has 120 valence electrons. The summed E-state index contributed by atoms with van der Waals surface area (Å²) in [6.45, 7) is 2.67. The fraction of sp³-hybridized carbons (Fsp3) is 0.312. The van der Waals surface area contributed by atoms with E-state index in [-0.39, 0.29) is 24.2 Å². The molecule has 2 aromatic rings. The molecular weight excluding hydrogens is 334 g/mol. The molecule has 2 amide bonds. The number of rotatable bonds is 4. The van der Waals surface area contributed by atoms with Crippen LogP contribution in [-0.2, 0) is 16.1 Å². The third-order valence-corrected chi connectivity index (χ3v) is 5.01. The number of hydrogen-bond donors (Lipinski definition) is 1. The number of aryl methyl sites for hydroxylation is 1. The fourth-order valence-corrected chi connectivity index (χ4v) is 3.53. The quantitative estimate of drug-likeness (QED) is 0.923. The molecule has 0 radical (unpaired) electrons. The molecule has 0 unspecified atom stereocenters. The van der Waals surface area contributed by atoms with Crippen LogP contribution in [0.1, 0.15) is 17.1 Å². The molecule has 1 saturated heterocycles. The summed E-state index contributed by atoms with van der Waals surface area (Å²) >= 11 is 7.65. The van der Waals surface area contributed by atoms with Crippen LogP contribution in [0.2, 0.25) is 5.02 Å². The molecule has 23 heavy (non-hydrogen) atoms. The van der Waals surface area contributed by atoms with E-state index in [1.807, 2.05) is 24.4 Å². The molecule has 1 atom stereocenters. The Morgan fingerprint density at radius 3 is 2.96 bits per heavy atom. The molecule has 1 aliphatic rings. The van der Waals surface area contributed by atoms with E-state index in [2.05, 4.69) is 10.3 Å². The molecule has 0 saturated carbocycles. The van der Waals surface area contributed by atoms with Crippen LogP contribution in [0, 0.1) is 12.8 Å². The van der Waals surface area contributed by atoms with Gasteiger partial charge in [0, 0.05) is 24.0 Å². The fourth-order valence-electron chi connectivity index (χ4n) is 2.58. The first kappa shape index (κ1) is 16.0. The zero-order chi connectivity index (χ0) is 16.4. The van der Waals surface area contributed by atoms with Crippen molar-refractivity contribution in [1.82, 2.24) is 10.3 Å². The van der Waals surface area contributed by atoms with Crippen molar-refractivity contribution in [3.63, 3.8) is 0 Å². The third-order valence-electron chi connectivity index (χ3n) is 3.72. The number of thiazole rings is 1. The molecular formula is C16H16ClN3O2S. The molecule has 1 aromatic carbocycles. The minimum atomic E-state index is -0.361. The first-order chi connectivity index (χ1) is 11.0. The molecule has 2 heterocycles. The van der Waals surface area contributed by atoms with Crippen molar-refractivity contribution < 1.29 is 9.59 Å². The highest BCUT2D eigenvalue weighted by Gasteiger charge is 2.35. The highest BCUT2D eigenvalue weighted by molar-refractivity contribution is 7.09. The maximum atomic E-state index is 12.3. The van der Waals surface area contributed by atoms with Gasteiger partial charge in [-0.15, -0.1) is 11.3 Å². The Kier molecular flexibility index (Phi) is 4.63. The lowest BCUT2D eigenvalue weighted by atomic mass is 10.1. The number of carbonyl (C=O) groups excluding carboxylic acids is 2. The van der Waals surface area contributed by atoms with E-state index in [1.165, 1.54) is 11.3 Å². The van der Waals surface area contributed by atoms with E-state index in [1.54, 1.807) is 17.0 Å². The molecule has 0 aliphatic carbocycles. The predicted octanol–water partition coefficient (Wildman–Crippen LogP) is 2.77. The van der Waals surface area contributed by atoms with Gasteiger partial charge in [-0.05, 0) is 19.1 Å². The maximum Gasteiger partial charge on any atom is 0.227 e. The van der Waals surface area contributed by atoms with Gasteiger partial charge in [0.15, 0.2) is 0 Å². The first-order valence-corrected chi connectivity index (χ1v) is 8.54. The van der Waals surface area contributed by atoms with E-state index < -0.39 is 0 Å². The van der Waals surface area contributed by atoms with Crippen LogP contribution in [0.15, 0.2) is 29.6 Å². The summed E-state index contributed by atoms with van der Waals surface area (Å²) in [5.41, 5.74) is 1.60. The molecule has 5 nitrogen and oxygen atoms in total. The number of nitrogens with one attached hydrogen (secondary N) is 1. The minimum Gasteiger partial charge on any atom is -0.349 e. The lowest BCUT2D eigenvalue weighted by molar-refractivity contribution is -0.126. The molecule has 0 spiro atoms. The number of nitrogens with zero attached hydrogens (tertiary/aromatic N) is 2. The topological polar surface area (TPSA) is 62.3 Å². The van der Waals surface area contributed by atoms with Gasteiger partial charge in [0.1, 0.15) is 5.01 Å². The van der Waals surface area contributed by atoms with Gasteiger partial charge in [-0.1, -0.05) is 23.7 Å². The van der Waals surface area contributed by atoms with E-state index in [9.17, 15) is 9.59 Å². The smallest absolute Gasteiger partial charge is 0.227 e. The SMILES string of the molecule is Cc1csc(CNC(=O)[C@H]2CC(=O)N(c3ccccc3Cl)C2)n1. The monoisotopic (exact) mass is 349 g/mol. The van der Waals surface area contributed by atoms with Crippen LogP contribution >= 0.6 is 22.9 Å². The second-order valence-corrected chi connectivity index (χ2v) is 6.81. The van der Waals surface area contributed by atoms with E-state index >= 15 is 0 Å². The van der Waals surface area contributed by atoms with E-state index in [0.717, 1.165) is 10.7 Å². The van der Waals surface area contributed by atoms with Crippen molar-refractivity contribution >= 4 is 40.4 Å². The van der Waals surface area contributed by atoms with Crippen molar-refractivity contribution in [3.8, 4) is 0 Å². The number of aromatic nitrogens is 1. The minimum absolute atomic E-state index is 0.0802. The van der Waals surface area contributed by atoms with Crippen molar-refractivity contribution in [2.45, 2.75) is 19.9 Å². The van der Waals surface area contributed by atoms with Gasteiger partial charge in [0.25, 0.3) is 0 Å². The standard InChI is InChI=1S/C16H16ClN3O2S/c1-10-9-23-14(19-10)7-18-16(22)11-6-15(21)20(8-11)13-5-3-2-4-12(13)17/h2-5,9,11H,6-8H2,1H3,(H,18,22)/t11-/m0/s1. The van der Waals surface area contributed by atoms with Crippen LogP contribution in [0.25, 0.3) is 0 Å². The Balaban J connectivity index is 1.63. The van der Waals surface area contributed by atoms with Gasteiger partial charge in [-0.3, -0.25) is 9.59 Å². The first-order valence-electron chi connectivity index (χ1n) is 7.28. The summed E-state index contributed by atoms with van der Waals surface area (Å²) < 4.78 is 0. The zero-order valence-corrected chi connectivity index (χ0v) is 14.2. The lowest BCUT2D eigenvalue weighted by Gasteiger charge is -2.17. The molecule has 3 rings (SSSR count). The highest BCUT2D eigenvalue weighted by Crippen LogP contribution is 2.31. The van der Waals surface area contributed by atoms with Gasteiger partial charge in [0.05, 0.1) is 23.2 Å². The number of amides is 2. The van der Waals surface area contributed by atoms with Gasteiger partial charge in [0.2, 0.25) is 11.8 Å². The Morgan fingerprint density at radius 1 is 1.48 bits per heavy atom. The summed E-state index contributed by atoms with van der Waals surface area (Å²) in [6, 6.07) is 7.17. The Hall–Kier alpha value is -1.92. The van der Waals surface area contributed by atoms with Crippen LogP contribution in [0.5, 0.6) is 0 Å². The predicted molar refractivity (Wildman–Crippen MR) is 90.6 cm³/mol. The zero-order valence-electron chi connectivity index (χ0n) is 12.6. The van der Waals surface area contributed by atoms with Crippen molar-refractivity contribution in [2.75, 3.05) is 11.4 Å². The molecule has 1 aromatic heterocycles. The van der Waals surface area contributed by atoms with E-state index in [0.29, 0.717) is 23.8 Å². The van der Waals surface area contributed by atoms with Crippen molar-refractivity contribution in [3.05, 3.63) is 45.4 Å². The number of benzene rings is 1. The van der Waals surface area contributed by atoms with Crippen LogP contribution in [0.3, 0.4) is 0 Å². The summed E-state index contributed by atoms with van der Waals surface area (Å²) in [4.78, 5) is 30.4. The number of anilines is 1. The molecule has 0 bridgehead atoms. The summed E-state index contributed by atoms with van der Waals surface area (Å²) in [6.07, 6.45) is 0.202. The summed E-state index contributed by atoms with van der Waals surface area (Å²) in [7, 11) is 0. The summed E-state index contributed by atoms with van der Waals surface area (Å²) in [5.74, 6) is -0.566. The Morgan fingerprint density at radius 2 is 2.26 bits per heavy atom. The number of halogens is 1.